The summed E-state index contributed by atoms with van der Waals surface area (Å²) in [4.78, 5) is 12.3. The lowest BCUT2D eigenvalue weighted by Crippen LogP contribution is -2.15. The lowest BCUT2D eigenvalue weighted by Gasteiger charge is -2.12. The van der Waals surface area contributed by atoms with Gasteiger partial charge in [0.05, 0.1) is 11.4 Å². The van der Waals surface area contributed by atoms with Crippen molar-refractivity contribution in [2.45, 2.75) is 27.7 Å². The number of nitrogens with two attached hydrogens (primary N) is 1. The molecule has 2 aromatic carbocycles. The average molecular weight is 268 g/mol. The molecule has 0 aromatic heterocycles. The number of benzene rings is 2. The smallest absolute Gasteiger partial charge is 0.255 e. The Balaban J connectivity index is 2.30. The molecule has 0 saturated heterocycles. The second-order valence-electron chi connectivity index (χ2n) is 5.30. The summed E-state index contributed by atoms with van der Waals surface area (Å²) < 4.78 is 0. The standard InChI is InChI=1S/C17H20N2O/c1-10-5-6-14(13(4)7-10)17(20)19-16-9-12(3)11(2)8-15(16)18/h5-9H,18H2,1-4H3,(H,19,20). The van der Waals surface area contributed by atoms with Crippen LogP contribution in [0.1, 0.15) is 32.6 Å². The third-order valence-corrected chi connectivity index (χ3v) is 3.54. The maximum atomic E-state index is 12.3. The van der Waals surface area contributed by atoms with Crippen molar-refractivity contribution >= 4 is 17.3 Å². The Morgan fingerprint density at radius 2 is 1.60 bits per heavy atom. The first-order valence-corrected chi connectivity index (χ1v) is 6.64. The Hall–Kier alpha value is -2.29. The van der Waals surface area contributed by atoms with Gasteiger partial charge in [0.1, 0.15) is 0 Å². The Labute approximate surface area is 119 Å². The van der Waals surface area contributed by atoms with Gasteiger partial charge in [-0.25, -0.2) is 0 Å². The largest absolute Gasteiger partial charge is 0.397 e. The molecule has 0 bridgehead atoms. The van der Waals surface area contributed by atoms with Crippen LogP contribution < -0.4 is 11.1 Å². The van der Waals surface area contributed by atoms with Crippen LogP contribution in [0.5, 0.6) is 0 Å². The normalized spacial score (nSPS) is 10.4. The highest BCUT2D eigenvalue weighted by Gasteiger charge is 2.11. The maximum Gasteiger partial charge on any atom is 0.255 e. The van der Waals surface area contributed by atoms with E-state index in [0.717, 1.165) is 22.3 Å². The van der Waals surface area contributed by atoms with E-state index in [1.807, 2.05) is 58.0 Å². The van der Waals surface area contributed by atoms with E-state index in [-0.39, 0.29) is 5.91 Å². The molecule has 3 heteroatoms. The first-order chi connectivity index (χ1) is 9.38. The lowest BCUT2D eigenvalue weighted by molar-refractivity contribution is 0.102. The van der Waals surface area contributed by atoms with Gasteiger partial charge in [0.15, 0.2) is 0 Å². The molecule has 1 amide bonds. The summed E-state index contributed by atoms with van der Waals surface area (Å²) in [6, 6.07) is 9.57. The van der Waals surface area contributed by atoms with E-state index < -0.39 is 0 Å². The Kier molecular flexibility index (Phi) is 3.79. The molecule has 0 aliphatic rings. The highest BCUT2D eigenvalue weighted by atomic mass is 16.1. The fourth-order valence-corrected chi connectivity index (χ4v) is 2.20. The van der Waals surface area contributed by atoms with Crippen LogP contribution in [0.4, 0.5) is 11.4 Å². The molecule has 0 radical (unpaired) electrons. The van der Waals surface area contributed by atoms with Crippen LogP contribution in [0.2, 0.25) is 0 Å². The summed E-state index contributed by atoms with van der Waals surface area (Å²) in [5, 5.41) is 2.89. The van der Waals surface area contributed by atoms with Gasteiger partial charge < -0.3 is 11.1 Å². The Bertz CT molecular complexity index is 675. The number of carbonyl (C=O) groups excluding carboxylic acids is 1. The lowest BCUT2D eigenvalue weighted by atomic mass is 10.0. The molecular formula is C17H20N2O. The van der Waals surface area contributed by atoms with Crippen molar-refractivity contribution in [3.05, 3.63) is 58.1 Å². The number of carbonyl (C=O) groups is 1. The minimum absolute atomic E-state index is 0.127. The predicted molar refractivity (Wildman–Crippen MR) is 84.2 cm³/mol. The zero-order chi connectivity index (χ0) is 14.9. The predicted octanol–water partition coefficient (Wildman–Crippen LogP) is 3.75. The third kappa shape index (κ3) is 2.82. The van der Waals surface area contributed by atoms with E-state index in [4.69, 9.17) is 5.73 Å². The van der Waals surface area contributed by atoms with Crippen molar-refractivity contribution in [1.82, 2.24) is 0 Å². The quantitative estimate of drug-likeness (QED) is 0.815. The van der Waals surface area contributed by atoms with Crippen LogP contribution in [-0.2, 0) is 0 Å². The molecule has 3 nitrogen and oxygen atoms in total. The molecule has 0 unspecified atom stereocenters. The fraction of sp³-hybridized carbons (Fsp3) is 0.235. The monoisotopic (exact) mass is 268 g/mol. The van der Waals surface area contributed by atoms with E-state index in [2.05, 4.69) is 5.32 Å². The molecule has 0 spiro atoms. The van der Waals surface area contributed by atoms with Crippen molar-refractivity contribution in [1.29, 1.82) is 0 Å². The summed E-state index contributed by atoms with van der Waals surface area (Å²) in [6.45, 7) is 7.95. The van der Waals surface area contributed by atoms with Gasteiger partial charge in [-0.2, -0.15) is 0 Å². The molecule has 0 fully saturated rings. The number of aryl methyl sites for hydroxylation is 4. The highest BCUT2D eigenvalue weighted by molar-refractivity contribution is 6.06. The first kappa shape index (κ1) is 14.1. The number of hydrogen-bond donors (Lipinski definition) is 2. The van der Waals surface area contributed by atoms with Gasteiger partial charge in [0, 0.05) is 5.56 Å². The van der Waals surface area contributed by atoms with Gasteiger partial charge in [-0.15, -0.1) is 0 Å². The molecule has 3 N–H and O–H groups in total. The van der Waals surface area contributed by atoms with Crippen molar-refractivity contribution in [3.63, 3.8) is 0 Å². The molecule has 0 heterocycles. The van der Waals surface area contributed by atoms with E-state index in [9.17, 15) is 4.79 Å². The number of amides is 1. The first-order valence-electron chi connectivity index (χ1n) is 6.64. The summed E-state index contributed by atoms with van der Waals surface area (Å²) in [6.07, 6.45) is 0. The van der Waals surface area contributed by atoms with Crippen LogP contribution in [0.25, 0.3) is 0 Å². The maximum absolute atomic E-state index is 12.3. The summed E-state index contributed by atoms with van der Waals surface area (Å²) in [5.74, 6) is -0.127. The molecule has 0 aliphatic carbocycles. The van der Waals surface area contributed by atoms with Crippen molar-refractivity contribution in [2.75, 3.05) is 11.1 Å². The van der Waals surface area contributed by atoms with Crippen LogP contribution in [0.15, 0.2) is 30.3 Å². The van der Waals surface area contributed by atoms with Gasteiger partial charge in [0.2, 0.25) is 0 Å². The molecule has 20 heavy (non-hydrogen) atoms. The zero-order valence-corrected chi connectivity index (χ0v) is 12.4. The van der Waals surface area contributed by atoms with Gasteiger partial charge >= 0.3 is 0 Å². The number of nitrogens with one attached hydrogen (secondary N) is 1. The van der Waals surface area contributed by atoms with Crippen LogP contribution >= 0.6 is 0 Å². The molecule has 0 saturated carbocycles. The summed E-state index contributed by atoms with van der Waals surface area (Å²) in [5.41, 5.74) is 12.2. The van der Waals surface area contributed by atoms with E-state index in [0.29, 0.717) is 16.9 Å². The second kappa shape index (κ2) is 5.37. The average Bonchev–Trinajstić information content (AvgIpc) is 2.35. The zero-order valence-electron chi connectivity index (χ0n) is 12.4. The fourth-order valence-electron chi connectivity index (χ4n) is 2.20. The molecule has 104 valence electrons. The van der Waals surface area contributed by atoms with Crippen molar-refractivity contribution in [3.8, 4) is 0 Å². The summed E-state index contributed by atoms with van der Waals surface area (Å²) >= 11 is 0. The molecular weight excluding hydrogens is 248 g/mol. The number of rotatable bonds is 2. The topological polar surface area (TPSA) is 55.1 Å². The molecule has 2 aromatic rings. The molecule has 2 rings (SSSR count). The van der Waals surface area contributed by atoms with Crippen molar-refractivity contribution < 1.29 is 4.79 Å². The molecule has 0 atom stereocenters. The number of hydrogen-bond acceptors (Lipinski definition) is 2. The number of anilines is 2. The van der Waals surface area contributed by atoms with Crippen molar-refractivity contribution in [2.24, 2.45) is 0 Å². The van der Waals surface area contributed by atoms with Crippen LogP contribution in [-0.4, -0.2) is 5.91 Å². The highest BCUT2D eigenvalue weighted by Crippen LogP contribution is 2.24. The van der Waals surface area contributed by atoms with Gasteiger partial charge in [-0.3, -0.25) is 4.79 Å². The van der Waals surface area contributed by atoms with Gasteiger partial charge in [0.25, 0.3) is 5.91 Å². The van der Waals surface area contributed by atoms with Crippen LogP contribution in [0, 0.1) is 27.7 Å². The summed E-state index contributed by atoms with van der Waals surface area (Å²) in [7, 11) is 0. The third-order valence-electron chi connectivity index (χ3n) is 3.54. The Morgan fingerprint density at radius 1 is 0.950 bits per heavy atom. The van der Waals surface area contributed by atoms with Gasteiger partial charge in [-0.1, -0.05) is 17.7 Å². The minimum Gasteiger partial charge on any atom is -0.397 e. The van der Waals surface area contributed by atoms with Crippen LogP contribution in [0.3, 0.4) is 0 Å². The SMILES string of the molecule is Cc1ccc(C(=O)Nc2cc(C)c(C)cc2N)c(C)c1. The van der Waals surface area contributed by atoms with E-state index in [1.165, 1.54) is 0 Å². The molecule has 0 aliphatic heterocycles. The Morgan fingerprint density at radius 3 is 2.25 bits per heavy atom. The number of nitrogen functional groups attached to an aromatic ring is 1. The second-order valence-corrected chi connectivity index (χ2v) is 5.30. The van der Waals surface area contributed by atoms with Gasteiger partial charge in [-0.05, 0) is 62.6 Å². The minimum atomic E-state index is -0.127. The van der Waals surface area contributed by atoms with E-state index >= 15 is 0 Å². The van der Waals surface area contributed by atoms with E-state index in [1.54, 1.807) is 0 Å².